The SMILES string of the molecule is Cc1ccc(S(=O)(=O)NCC2(N(C)C)CCCC2)s1. The molecule has 0 aliphatic heterocycles. The summed E-state index contributed by atoms with van der Waals surface area (Å²) in [5.41, 5.74) is -0.0145. The average molecular weight is 302 g/mol. The van der Waals surface area contributed by atoms with Gasteiger partial charge in [-0.05, 0) is 46.0 Å². The first-order valence-corrected chi connectivity index (χ1v) is 8.89. The summed E-state index contributed by atoms with van der Waals surface area (Å²) in [4.78, 5) is 3.19. The van der Waals surface area contributed by atoms with Crippen molar-refractivity contribution in [3.8, 4) is 0 Å². The fourth-order valence-corrected chi connectivity index (χ4v) is 5.12. The highest BCUT2D eigenvalue weighted by Crippen LogP contribution is 2.33. The predicted molar refractivity (Wildman–Crippen MR) is 79.1 cm³/mol. The quantitative estimate of drug-likeness (QED) is 0.907. The summed E-state index contributed by atoms with van der Waals surface area (Å²) in [6, 6.07) is 3.52. The van der Waals surface area contributed by atoms with Crippen molar-refractivity contribution in [2.24, 2.45) is 0 Å². The molecule has 6 heteroatoms. The number of hydrogen-bond acceptors (Lipinski definition) is 4. The molecule has 0 radical (unpaired) electrons. The lowest BCUT2D eigenvalue weighted by Gasteiger charge is -2.36. The lowest BCUT2D eigenvalue weighted by Crippen LogP contribution is -2.50. The van der Waals surface area contributed by atoms with E-state index in [0.717, 1.165) is 17.7 Å². The van der Waals surface area contributed by atoms with E-state index < -0.39 is 10.0 Å². The fourth-order valence-electron chi connectivity index (χ4n) is 2.67. The Morgan fingerprint density at radius 1 is 1.32 bits per heavy atom. The maximum Gasteiger partial charge on any atom is 0.250 e. The molecule has 0 unspecified atom stereocenters. The monoisotopic (exact) mass is 302 g/mol. The minimum Gasteiger partial charge on any atom is -0.302 e. The Morgan fingerprint density at radius 2 is 1.95 bits per heavy atom. The molecule has 0 aromatic carbocycles. The van der Waals surface area contributed by atoms with E-state index in [9.17, 15) is 8.42 Å². The molecule has 0 saturated heterocycles. The zero-order valence-corrected chi connectivity index (χ0v) is 13.4. The van der Waals surface area contributed by atoms with E-state index in [1.165, 1.54) is 24.2 Å². The topological polar surface area (TPSA) is 49.4 Å². The van der Waals surface area contributed by atoms with Crippen molar-refractivity contribution in [1.29, 1.82) is 0 Å². The van der Waals surface area contributed by atoms with E-state index in [2.05, 4.69) is 9.62 Å². The van der Waals surface area contributed by atoms with Gasteiger partial charge in [-0.2, -0.15) is 0 Å². The van der Waals surface area contributed by atoms with Gasteiger partial charge in [0.2, 0.25) is 10.0 Å². The molecule has 0 amide bonds. The van der Waals surface area contributed by atoms with Crippen LogP contribution in [0.25, 0.3) is 0 Å². The minimum absolute atomic E-state index is 0.0145. The van der Waals surface area contributed by atoms with Gasteiger partial charge in [-0.15, -0.1) is 11.3 Å². The van der Waals surface area contributed by atoms with Gasteiger partial charge in [0.05, 0.1) is 0 Å². The van der Waals surface area contributed by atoms with Crippen LogP contribution in [0.4, 0.5) is 0 Å². The van der Waals surface area contributed by atoms with Crippen molar-refractivity contribution in [3.05, 3.63) is 17.0 Å². The van der Waals surface area contributed by atoms with Crippen LogP contribution in [-0.2, 0) is 10.0 Å². The Morgan fingerprint density at radius 3 is 2.42 bits per heavy atom. The summed E-state index contributed by atoms with van der Waals surface area (Å²) in [7, 11) is 0.717. The highest BCUT2D eigenvalue weighted by Gasteiger charge is 2.37. The van der Waals surface area contributed by atoms with Crippen molar-refractivity contribution < 1.29 is 8.42 Å². The van der Waals surface area contributed by atoms with E-state index in [-0.39, 0.29) is 5.54 Å². The van der Waals surface area contributed by atoms with Gasteiger partial charge in [0.15, 0.2) is 0 Å². The minimum atomic E-state index is -3.36. The van der Waals surface area contributed by atoms with Crippen molar-refractivity contribution in [3.63, 3.8) is 0 Å². The molecule has 1 N–H and O–H groups in total. The number of hydrogen-bond donors (Lipinski definition) is 1. The van der Waals surface area contributed by atoms with E-state index >= 15 is 0 Å². The largest absolute Gasteiger partial charge is 0.302 e. The standard InChI is InChI=1S/C13H22N2O2S2/c1-11-6-7-12(18-11)19(16,17)14-10-13(15(2)3)8-4-5-9-13/h6-7,14H,4-5,8-10H2,1-3H3. The lowest BCUT2D eigenvalue weighted by molar-refractivity contribution is 0.162. The van der Waals surface area contributed by atoms with Crippen LogP contribution < -0.4 is 4.72 Å². The molecule has 2 rings (SSSR count). The summed E-state index contributed by atoms with van der Waals surface area (Å²) < 4.78 is 27.7. The van der Waals surface area contributed by atoms with Crippen LogP contribution in [0.3, 0.4) is 0 Å². The van der Waals surface area contributed by atoms with Crippen molar-refractivity contribution in [2.45, 2.75) is 42.4 Å². The van der Waals surface area contributed by atoms with Crippen molar-refractivity contribution in [2.75, 3.05) is 20.6 Å². The number of rotatable bonds is 5. The van der Waals surface area contributed by atoms with Crippen LogP contribution in [0.5, 0.6) is 0 Å². The molecule has 0 bridgehead atoms. The van der Waals surface area contributed by atoms with Crippen molar-refractivity contribution in [1.82, 2.24) is 9.62 Å². The number of nitrogens with one attached hydrogen (secondary N) is 1. The molecule has 1 heterocycles. The number of likely N-dealkylation sites (N-methyl/N-ethyl adjacent to an activating group) is 1. The van der Waals surface area contributed by atoms with Gasteiger partial charge < -0.3 is 4.90 Å². The molecule has 1 fully saturated rings. The second kappa shape index (κ2) is 5.52. The summed E-state index contributed by atoms with van der Waals surface area (Å²) in [6.07, 6.45) is 4.48. The van der Waals surface area contributed by atoms with E-state index in [0.29, 0.717) is 10.8 Å². The second-order valence-corrected chi connectivity index (χ2v) is 8.80. The van der Waals surface area contributed by atoms with Gasteiger partial charge in [0, 0.05) is 17.0 Å². The second-order valence-electron chi connectivity index (χ2n) is 5.52. The number of aryl methyl sites for hydroxylation is 1. The number of sulfonamides is 1. The van der Waals surface area contributed by atoms with Gasteiger partial charge in [-0.1, -0.05) is 12.8 Å². The van der Waals surface area contributed by atoms with Crippen LogP contribution in [0.2, 0.25) is 0 Å². The normalized spacial score (nSPS) is 19.2. The van der Waals surface area contributed by atoms with Crippen LogP contribution in [0.1, 0.15) is 30.6 Å². The zero-order chi connectivity index (χ0) is 14.1. The predicted octanol–water partition coefficient (Wildman–Crippen LogP) is 2.21. The van der Waals surface area contributed by atoms with E-state index in [1.54, 1.807) is 6.07 Å². The highest BCUT2D eigenvalue weighted by atomic mass is 32.2. The molecular formula is C13H22N2O2S2. The van der Waals surface area contributed by atoms with Gasteiger partial charge in [0.25, 0.3) is 0 Å². The molecule has 0 spiro atoms. The van der Waals surface area contributed by atoms with Gasteiger partial charge >= 0.3 is 0 Å². The van der Waals surface area contributed by atoms with Crippen molar-refractivity contribution >= 4 is 21.4 Å². The summed E-state index contributed by atoms with van der Waals surface area (Å²) in [5.74, 6) is 0. The molecule has 1 aliphatic carbocycles. The van der Waals surface area contributed by atoms with Gasteiger partial charge in [-0.3, -0.25) is 0 Å². The molecule has 1 saturated carbocycles. The molecule has 0 atom stereocenters. The summed E-state index contributed by atoms with van der Waals surface area (Å²) in [5, 5.41) is 0. The first-order valence-electron chi connectivity index (χ1n) is 6.59. The molecule has 19 heavy (non-hydrogen) atoms. The Kier molecular flexibility index (Phi) is 4.35. The third-order valence-corrected chi connectivity index (χ3v) is 6.95. The third kappa shape index (κ3) is 3.18. The molecular weight excluding hydrogens is 280 g/mol. The molecule has 1 aromatic rings. The molecule has 4 nitrogen and oxygen atoms in total. The van der Waals surface area contributed by atoms with Crippen LogP contribution in [-0.4, -0.2) is 39.5 Å². The Labute approximate surface area is 119 Å². The van der Waals surface area contributed by atoms with Crippen LogP contribution in [0, 0.1) is 6.92 Å². The smallest absolute Gasteiger partial charge is 0.250 e. The Hall–Kier alpha value is -0.430. The maximum absolute atomic E-state index is 12.2. The average Bonchev–Trinajstić information content (AvgIpc) is 2.96. The van der Waals surface area contributed by atoms with Gasteiger partial charge in [0.1, 0.15) is 4.21 Å². The highest BCUT2D eigenvalue weighted by molar-refractivity contribution is 7.91. The first-order chi connectivity index (χ1) is 8.86. The molecule has 1 aromatic heterocycles. The summed E-state index contributed by atoms with van der Waals surface area (Å²) >= 11 is 1.32. The summed E-state index contributed by atoms with van der Waals surface area (Å²) in [6.45, 7) is 2.42. The number of thiophene rings is 1. The zero-order valence-electron chi connectivity index (χ0n) is 11.8. The number of nitrogens with zero attached hydrogens (tertiary/aromatic N) is 1. The third-order valence-electron chi connectivity index (χ3n) is 4.05. The van der Waals surface area contributed by atoms with E-state index in [4.69, 9.17) is 0 Å². The first kappa shape index (κ1) is 15.0. The maximum atomic E-state index is 12.2. The van der Waals surface area contributed by atoms with Gasteiger partial charge in [-0.25, -0.2) is 13.1 Å². The lowest BCUT2D eigenvalue weighted by atomic mass is 9.97. The Balaban J connectivity index is 2.09. The van der Waals surface area contributed by atoms with E-state index in [1.807, 2.05) is 27.1 Å². The molecule has 108 valence electrons. The van der Waals surface area contributed by atoms with Crippen LogP contribution in [0.15, 0.2) is 16.3 Å². The van der Waals surface area contributed by atoms with Crippen LogP contribution >= 0.6 is 11.3 Å². The molecule has 1 aliphatic rings. The Bertz CT molecular complexity index is 529. The fraction of sp³-hybridized carbons (Fsp3) is 0.692.